The average molecular weight is 376 g/mol. The number of pyridine rings is 1. The molecule has 8 heteroatoms. The predicted molar refractivity (Wildman–Crippen MR) is 88.9 cm³/mol. The van der Waals surface area contributed by atoms with Gasteiger partial charge in [0.05, 0.1) is 20.6 Å². The summed E-state index contributed by atoms with van der Waals surface area (Å²) >= 11 is 4.96. The number of aromatic nitrogens is 3. The van der Waals surface area contributed by atoms with E-state index < -0.39 is 0 Å². The molecule has 22 heavy (non-hydrogen) atoms. The number of hydrogen-bond donors (Lipinski definition) is 2. The molecule has 0 saturated heterocycles. The highest BCUT2D eigenvalue weighted by atomic mass is 79.9. The topological polar surface area (TPSA) is 83.0 Å². The summed E-state index contributed by atoms with van der Waals surface area (Å²) in [5, 5.41) is 10.7. The van der Waals surface area contributed by atoms with Crippen molar-refractivity contribution >= 4 is 39.4 Å². The maximum atomic E-state index is 12.0. The molecule has 0 spiro atoms. The summed E-state index contributed by atoms with van der Waals surface area (Å²) in [6.07, 6.45) is 4.86. The summed E-state index contributed by atoms with van der Waals surface area (Å²) in [7, 11) is 0. The van der Waals surface area contributed by atoms with Crippen molar-refractivity contribution in [3.63, 3.8) is 0 Å². The van der Waals surface area contributed by atoms with Gasteiger partial charge in [0, 0.05) is 12.4 Å². The number of carbonyl (C=O) groups is 1. The van der Waals surface area contributed by atoms with Gasteiger partial charge in [-0.15, -0.1) is 11.3 Å². The Morgan fingerprint density at radius 1 is 1.32 bits per heavy atom. The second-order valence-electron chi connectivity index (χ2n) is 4.25. The minimum Gasteiger partial charge on any atom is -0.276 e. The maximum absolute atomic E-state index is 12.0. The Morgan fingerprint density at radius 3 is 2.86 bits per heavy atom. The van der Waals surface area contributed by atoms with Crippen LogP contribution in [0.1, 0.15) is 16.1 Å². The Hall–Kier alpha value is -2.32. The van der Waals surface area contributed by atoms with Crippen LogP contribution in [0.25, 0.3) is 10.6 Å². The van der Waals surface area contributed by atoms with E-state index in [4.69, 9.17) is 0 Å². The SMILES string of the molecule is O=C(N/N=C\c1ccncc1)c1cc(-c2ccc(Br)s2)[nH]n1. The summed E-state index contributed by atoms with van der Waals surface area (Å²) in [5.41, 5.74) is 4.36. The molecule has 1 amide bonds. The lowest BCUT2D eigenvalue weighted by atomic mass is 10.3. The third-order valence-electron chi connectivity index (χ3n) is 2.73. The van der Waals surface area contributed by atoms with E-state index in [1.54, 1.807) is 48.1 Å². The number of halogens is 1. The highest BCUT2D eigenvalue weighted by Crippen LogP contribution is 2.30. The van der Waals surface area contributed by atoms with Crippen molar-refractivity contribution < 1.29 is 4.79 Å². The van der Waals surface area contributed by atoms with Gasteiger partial charge in [-0.3, -0.25) is 14.9 Å². The number of nitrogens with one attached hydrogen (secondary N) is 2. The molecule has 2 N–H and O–H groups in total. The molecule has 0 aliphatic rings. The van der Waals surface area contributed by atoms with Crippen LogP contribution in [0.4, 0.5) is 0 Å². The lowest BCUT2D eigenvalue weighted by molar-refractivity contribution is 0.0950. The van der Waals surface area contributed by atoms with Crippen molar-refractivity contribution in [2.45, 2.75) is 0 Å². The van der Waals surface area contributed by atoms with E-state index in [0.29, 0.717) is 0 Å². The zero-order valence-corrected chi connectivity index (χ0v) is 13.6. The first kappa shape index (κ1) is 14.6. The first-order chi connectivity index (χ1) is 10.7. The molecule has 3 aromatic rings. The van der Waals surface area contributed by atoms with E-state index in [2.05, 4.69) is 41.6 Å². The average Bonchev–Trinajstić information content (AvgIpc) is 3.17. The van der Waals surface area contributed by atoms with Gasteiger partial charge >= 0.3 is 0 Å². The fraction of sp³-hybridized carbons (Fsp3) is 0. The van der Waals surface area contributed by atoms with Crippen LogP contribution in [0, 0.1) is 0 Å². The molecule has 0 atom stereocenters. The first-order valence-corrected chi connectivity index (χ1v) is 7.88. The number of hydrazone groups is 1. The number of amides is 1. The van der Waals surface area contributed by atoms with Crippen LogP contribution in [0.2, 0.25) is 0 Å². The van der Waals surface area contributed by atoms with Gasteiger partial charge in [-0.05, 0) is 51.8 Å². The molecule has 0 radical (unpaired) electrons. The Balaban J connectivity index is 1.66. The molecule has 3 rings (SSSR count). The van der Waals surface area contributed by atoms with Gasteiger partial charge in [-0.2, -0.15) is 10.2 Å². The number of aromatic amines is 1. The van der Waals surface area contributed by atoms with Crippen molar-refractivity contribution in [3.8, 4) is 10.6 Å². The molecule has 0 bridgehead atoms. The number of rotatable bonds is 4. The maximum Gasteiger partial charge on any atom is 0.291 e. The largest absolute Gasteiger partial charge is 0.291 e. The van der Waals surface area contributed by atoms with Gasteiger partial charge in [0.25, 0.3) is 5.91 Å². The Bertz CT molecular complexity index is 812. The van der Waals surface area contributed by atoms with Crippen molar-refractivity contribution in [2.75, 3.05) is 0 Å². The molecule has 3 heterocycles. The predicted octanol–water partition coefficient (Wildman–Crippen LogP) is 3.06. The zero-order chi connectivity index (χ0) is 15.4. The second kappa shape index (κ2) is 6.63. The van der Waals surface area contributed by atoms with Gasteiger partial charge in [-0.1, -0.05) is 0 Å². The van der Waals surface area contributed by atoms with Crippen LogP contribution >= 0.6 is 27.3 Å². The van der Waals surface area contributed by atoms with Crippen LogP contribution in [0.3, 0.4) is 0 Å². The van der Waals surface area contributed by atoms with Gasteiger partial charge < -0.3 is 0 Å². The molecular formula is C14H10BrN5OS. The van der Waals surface area contributed by atoms with Crippen LogP contribution in [0.15, 0.2) is 51.6 Å². The smallest absolute Gasteiger partial charge is 0.276 e. The molecule has 6 nitrogen and oxygen atoms in total. The number of H-pyrrole nitrogens is 1. The Labute approximate surface area is 138 Å². The Kier molecular flexibility index (Phi) is 4.40. The van der Waals surface area contributed by atoms with Crippen LogP contribution in [-0.2, 0) is 0 Å². The third-order valence-corrected chi connectivity index (χ3v) is 4.39. The first-order valence-electron chi connectivity index (χ1n) is 6.27. The third kappa shape index (κ3) is 3.46. The Morgan fingerprint density at radius 2 is 2.14 bits per heavy atom. The monoisotopic (exact) mass is 375 g/mol. The van der Waals surface area contributed by atoms with E-state index in [1.807, 2.05) is 12.1 Å². The molecule has 0 saturated carbocycles. The number of thiophene rings is 1. The molecule has 0 aliphatic carbocycles. The summed E-state index contributed by atoms with van der Waals surface area (Å²) in [6, 6.07) is 9.16. The summed E-state index contributed by atoms with van der Waals surface area (Å²) in [5.74, 6) is -0.372. The minimum absolute atomic E-state index is 0.284. The van der Waals surface area contributed by atoms with Gasteiger partial charge in [0.15, 0.2) is 5.69 Å². The normalized spacial score (nSPS) is 11.0. The van der Waals surface area contributed by atoms with E-state index in [0.717, 1.165) is 19.9 Å². The van der Waals surface area contributed by atoms with Gasteiger partial charge in [-0.25, -0.2) is 5.43 Å². The summed E-state index contributed by atoms with van der Waals surface area (Å²) < 4.78 is 1.02. The highest BCUT2D eigenvalue weighted by molar-refractivity contribution is 9.11. The number of carbonyl (C=O) groups excluding carboxylic acids is 1. The minimum atomic E-state index is -0.372. The molecule has 3 aromatic heterocycles. The summed E-state index contributed by atoms with van der Waals surface area (Å²) in [4.78, 5) is 16.9. The quantitative estimate of drug-likeness (QED) is 0.542. The van der Waals surface area contributed by atoms with Gasteiger partial charge in [0.2, 0.25) is 0 Å². The fourth-order valence-corrected chi connectivity index (χ4v) is 3.05. The number of hydrogen-bond acceptors (Lipinski definition) is 5. The van der Waals surface area contributed by atoms with E-state index >= 15 is 0 Å². The molecule has 0 aliphatic heterocycles. The standard InChI is InChI=1S/C14H10BrN5OS/c15-13-2-1-12(22-13)10-7-11(19-18-10)14(21)20-17-8-9-3-5-16-6-4-9/h1-8H,(H,18,19)(H,20,21)/b17-8-. The van der Waals surface area contributed by atoms with Crippen molar-refractivity contribution in [3.05, 3.63) is 57.8 Å². The lowest BCUT2D eigenvalue weighted by Crippen LogP contribution is -2.17. The highest BCUT2D eigenvalue weighted by Gasteiger charge is 2.11. The van der Waals surface area contributed by atoms with E-state index in [9.17, 15) is 4.79 Å². The van der Waals surface area contributed by atoms with E-state index in [1.165, 1.54) is 0 Å². The van der Waals surface area contributed by atoms with Gasteiger partial charge in [0.1, 0.15) is 0 Å². The van der Waals surface area contributed by atoms with Crippen molar-refractivity contribution in [2.24, 2.45) is 5.10 Å². The van der Waals surface area contributed by atoms with Crippen molar-refractivity contribution in [1.29, 1.82) is 0 Å². The number of nitrogens with zero attached hydrogens (tertiary/aromatic N) is 3. The molecular weight excluding hydrogens is 366 g/mol. The van der Waals surface area contributed by atoms with Crippen LogP contribution < -0.4 is 5.43 Å². The van der Waals surface area contributed by atoms with E-state index in [-0.39, 0.29) is 11.6 Å². The molecule has 110 valence electrons. The molecule has 0 unspecified atom stereocenters. The van der Waals surface area contributed by atoms with Crippen LogP contribution in [0.5, 0.6) is 0 Å². The fourth-order valence-electron chi connectivity index (χ4n) is 1.70. The second-order valence-corrected chi connectivity index (χ2v) is 6.71. The summed E-state index contributed by atoms with van der Waals surface area (Å²) in [6.45, 7) is 0. The molecule has 0 aromatic carbocycles. The zero-order valence-electron chi connectivity index (χ0n) is 11.2. The van der Waals surface area contributed by atoms with Crippen molar-refractivity contribution in [1.82, 2.24) is 20.6 Å². The lowest BCUT2D eigenvalue weighted by Gasteiger charge is -1.94. The van der Waals surface area contributed by atoms with Crippen LogP contribution in [-0.4, -0.2) is 27.3 Å². The molecule has 0 fully saturated rings.